The average molecular weight is 300 g/mol. The van der Waals surface area contributed by atoms with Crippen molar-refractivity contribution in [1.29, 1.82) is 0 Å². The Bertz CT molecular complexity index is 543. The summed E-state index contributed by atoms with van der Waals surface area (Å²) in [5.74, 6) is 0.793. The summed E-state index contributed by atoms with van der Waals surface area (Å²) in [7, 11) is 1.63. The monoisotopic (exact) mass is 300 g/mol. The Morgan fingerprint density at radius 1 is 1.18 bits per heavy atom. The minimum absolute atomic E-state index is 0.166. The number of nitrogens with zero attached hydrogens (tertiary/aromatic N) is 1. The molecule has 1 aromatic carbocycles. The third-order valence-electron chi connectivity index (χ3n) is 3.68. The van der Waals surface area contributed by atoms with E-state index < -0.39 is 6.10 Å². The highest BCUT2D eigenvalue weighted by Crippen LogP contribution is 2.20. The number of hydrogen-bond acceptors (Lipinski definition) is 4. The molecule has 0 aliphatic heterocycles. The number of aliphatic hydroxyl groups is 1. The molecule has 4 heteroatoms. The topological polar surface area (TPSA) is 54.4 Å². The molecule has 2 atom stereocenters. The number of benzene rings is 1. The van der Waals surface area contributed by atoms with E-state index in [-0.39, 0.29) is 6.04 Å². The van der Waals surface area contributed by atoms with Gasteiger partial charge in [0.1, 0.15) is 5.75 Å². The zero-order chi connectivity index (χ0) is 15.8. The fourth-order valence-corrected chi connectivity index (χ4v) is 2.42. The van der Waals surface area contributed by atoms with Gasteiger partial charge in [-0.1, -0.05) is 31.5 Å². The Balaban J connectivity index is 1.96. The van der Waals surface area contributed by atoms with E-state index in [4.69, 9.17) is 4.74 Å². The van der Waals surface area contributed by atoms with Crippen LogP contribution >= 0.6 is 0 Å². The van der Waals surface area contributed by atoms with Gasteiger partial charge in [0.15, 0.2) is 0 Å². The summed E-state index contributed by atoms with van der Waals surface area (Å²) >= 11 is 0. The Morgan fingerprint density at radius 2 is 1.95 bits per heavy atom. The molecule has 2 N–H and O–H groups in total. The largest absolute Gasteiger partial charge is 0.497 e. The summed E-state index contributed by atoms with van der Waals surface area (Å²) in [6.45, 7) is 2.64. The Kier molecular flexibility index (Phi) is 6.37. The van der Waals surface area contributed by atoms with E-state index in [0.29, 0.717) is 6.54 Å². The fourth-order valence-electron chi connectivity index (χ4n) is 2.42. The number of pyridine rings is 1. The molecule has 2 rings (SSSR count). The molecule has 1 aromatic heterocycles. The SMILES string of the molecule is CCCC(NCC(O)c1ccc(OC)cc1)c1ccccn1. The highest BCUT2D eigenvalue weighted by Gasteiger charge is 2.14. The van der Waals surface area contributed by atoms with Gasteiger partial charge in [0.2, 0.25) is 0 Å². The maximum atomic E-state index is 10.3. The number of nitrogens with one attached hydrogen (secondary N) is 1. The molecule has 4 nitrogen and oxygen atoms in total. The molecule has 0 amide bonds. The Morgan fingerprint density at radius 3 is 2.55 bits per heavy atom. The first kappa shape index (κ1) is 16.5. The molecule has 0 aliphatic rings. The number of aromatic nitrogens is 1. The van der Waals surface area contributed by atoms with Gasteiger partial charge in [-0.3, -0.25) is 4.98 Å². The van der Waals surface area contributed by atoms with Crippen molar-refractivity contribution in [2.24, 2.45) is 0 Å². The van der Waals surface area contributed by atoms with Crippen molar-refractivity contribution in [3.63, 3.8) is 0 Å². The molecular formula is C18H24N2O2. The minimum Gasteiger partial charge on any atom is -0.497 e. The van der Waals surface area contributed by atoms with Crippen molar-refractivity contribution < 1.29 is 9.84 Å². The molecule has 0 saturated heterocycles. The van der Waals surface area contributed by atoms with Gasteiger partial charge >= 0.3 is 0 Å². The first-order valence-corrected chi connectivity index (χ1v) is 7.71. The van der Waals surface area contributed by atoms with Crippen molar-refractivity contribution in [3.8, 4) is 5.75 Å². The van der Waals surface area contributed by atoms with E-state index in [1.165, 1.54) is 0 Å². The second-order valence-electron chi connectivity index (χ2n) is 5.29. The lowest BCUT2D eigenvalue weighted by Gasteiger charge is -2.20. The van der Waals surface area contributed by atoms with Crippen LogP contribution < -0.4 is 10.1 Å². The first-order valence-electron chi connectivity index (χ1n) is 7.71. The van der Waals surface area contributed by atoms with Crippen molar-refractivity contribution in [2.75, 3.05) is 13.7 Å². The van der Waals surface area contributed by atoms with Gasteiger partial charge in [-0.2, -0.15) is 0 Å². The molecule has 1 heterocycles. The van der Waals surface area contributed by atoms with Crippen LogP contribution in [0.5, 0.6) is 5.75 Å². The van der Waals surface area contributed by atoms with Crippen LogP contribution in [-0.2, 0) is 0 Å². The third kappa shape index (κ3) is 4.55. The van der Waals surface area contributed by atoms with Gasteiger partial charge in [-0.05, 0) is 36.2 Å². The lowest BCUT2D eigenvalue weighted by molar-refractivity contribution is 0.168. The van der Waals surface area contributed by atoms with Crippen LogP contribution in [0.2, 0.25) is 0 Å². The predicted molar refractivity (Wildman–Crippen MR) is 87.8 cm³/mol. The zero-order valence-electron chi connectivity index (χ0n) is 13.2. The van der Waals surface area contributed by atoms with Gasteiger partial charge in [-0.15, -0.1) is 0 Å². The van der Waals surface area contributed by atoms with Gasteiger partial charge < -0.3 is 15.2 Å². The van der Waals surface area contributed by atoms with E-state index in [2.05, 4.69) is 17.2 Å². The van der Waals surface area contributed by atoms with Crippen LogP contribution in [-0.4, -0.2) is 23.7 Å². The van der Waals surface area contributed by atoms with Crippen LogP contribution in [0.15, 0.2) is 48.7 Å². The maximum Gasteiger partial charge on any atom is 0.118 e. The average Bonchev–Trinajstić information content (AvgIpc) is 2.59. The number of rotatable bonds is 8. The second-order valence-corrected chi connectivity index (χ2v) is 5.29. The lowest BCUT2D eigenvalue weighted by Crippen LogP contribution is -2.27. The molecule has 0 saturated carbocycles. The lowest BCUT2D eigenvalue weighted by atomic mass is 10.1. The number of aliphatic hydroxyl groups excluding tert-OH is 1. The molecule has 0 radical (unpaired) electrons. The summed E-state index contributed by atoms with van der Waals surface area (Å²) in [5, 5.41) is 13.7. The van der Waals surface area contributed by atoms with Gasteiger partial charge in [-0.25, -0.2) is 0 Å². The third-order valence-corrected chi connectivity index (χ3v) is 3.68. The number of methoxy groups -OCH3 is 1. The number of ether oxygens (including phenoxy) is 1. The van der Waals surface area contributed by atoms with Gasteiger partial charge in [0, 0.05) is 18.8 Å². The Labute approximate surface area is 132 Å². The van der Waals surface area contributed by atoms with E-state index in [1.54, 1.807) is 13.3 Å². The van der Waals surface area contributed by atoms with E-state index >= 15 is 0 Å². The van der Waals surface area contributed by atoms with Crippen molar-refractivity contribution in [1.82, 2.24) is 10.3 Å². The molecule has 0 aliphatic carbocycles. The standard InChI is InChI=1S/C18H24N2O2/c1-3-6-16(17-7-4-5-12-19-17)20-13-18(21)14-8-10-15(22-2)11-9-14/h4-5,7-12,16,18,20-21H,3,6,13H2,1-2H3. The molecule has 2 unspecified atom stereocenters. The number of hydrogen-bond donors (Lipinski definition) is 2. The van der Waals surface area contributed by atoms with Crippen LogP contribution in [0, 0.1) is 0 Å². The summed E-state index contributed by atoms with van der Waals surface area (Å²) in [6, 6.07) is 13.6. The predicted octanol–water partition coefficient (Wildman–Crippen LogP) is 3.25. The molecular weight excluding hydrogens is 276 g/mol. The smallest absolute Gasteiger partial charge is 0.118 e. The van der Waals surface area contributed by atoms with Crippen LogP contribution in [0.4, 0.5) is 0 Å². The maximum absolute atomic E-state index is 10.3. The van der Waals surface area contributed by atoms with Crippen LogP contribution in [0.1, 0.15) is 43.2 Å². The summed E-state index contributed by atoms with van der Waals surface area (Å²) < 4.78 is 5.13. The summed E-state index contributed by atoms with van der Waals surface area (Å²) in [4.78, 5) is 4.41. The van der Waals surface area contributed by atoms with E-state index in [1.807, 2.05) is 42.5 Å². The van der Waals surface area contributed by atoms with Crippen molar-refractivity contribution >= 4 is 0 Å². The molecule has 0 fully saturated rings. The highest BCUT2D eigenvalue weighted by molar-refractivity contribution is 5.28. The summed E-state index contributed by atoms with van der Waals surface area (Å²) in [5.41, 5.74) is 1.90. The van der Waals surface area contributed by atoms with E-state index in [9.17, 15) is 5.11 Å². The second kappa shape index (κ2) is 8.51. The quantitative estimate of drug-likeness (QED) is 0.786. The minimum atomic E-state index is -0.547. The van der Waals surface area contributed by atoms with Crippen molar-refractivity contribution in [3.05, 3.63) is 59.9 Å². The highest BCUT2D eigenvalue weighted by atomic mass is 16.5. The molecule has 2 aromatic rings. The fraction of sp³-hybridized carbons (Fsp3) is 0.389. The molecule has 0 bridgehead atoms. The van der Waals surface area contributed by atoms with Gasteiger partial charge in [0.05, 0.1) is 18.9 Å². The molecule has 118 valence electrons. The van der Waals surface area contributed by atoms with Crippen LogP contribution in [0.3, 0.4) is 0 Å². The Hall–Kier alpha value is -1.91. The van der Waals surface area contributed by atoms with Crippen LogP contribution in [0.25, 0.3) is 0 Å². The first-order chi connectivity index (χ1) is 10.7. The van der Waals surface area contributed by atoms with E-state index in [0.717, 1.165) is 29.8 Å². The normalized spacial score (nSPS) is 13.6. The summed E-state index contributed by atoms with van der Waals surface area (Å²) in [6.07, 6.45) is 3.31. The van der Waals surface area contributed by atoms with Gasteiger partial charge in [0.25, 0.3) is 0 Å². The molecule has 22 heavy (non-hydrogen) atoms. The molecule has 0 spiro atoms. The van der Waals surface area contributed by atoms with Crippen molar-refractivity contribution in [2.45, 2.75) is 31.9 Å². The zero-order valence-corrected chi connectivity index (χ0v) is 13.2.